The summed E-state index contributed by atoms with van der Waals surface area (Å²) in [4.78, 5) is 22.4. The fourth-order valence-electron chi connectivity index (χ4n) is 1.89. The van der Waals surface area contributed by atoms with Gasteiger partial charge in [0.05, 0.1) is 4.92 Å². The number of nitro groups is 1. The highest BCUT2D eigenvalue weighted by Gasteiger charge is 2.14. The molecule has 0 atom stereocenters. The molecule has 0 amide bonds. The van der Waals surface area contributed by atoms with Gasteiger partial charge in [0.1, 0.15) is 0 Å². The van der Waals surface area contributed by atoms with Crippen LogP contribution >= 0.6 is 0 Å². The van der Waals surface area contributed by atoms with Crippen molar-refractivity contribution in [2.45, 2.75) is 13.8 Å². The summed E-state index contributed by atoms with van der Waals surface area (Å²) in [7, 11) is -2.62. The topological polar surface area (TPSA) is 120 Å². The molecule has 2 aromatic carbocycles. The lowest BCUT2D eigenvalue weighted by Gasteiger charge is -2.07. The summed E-state index contributed by atoms with van der Waals surface area (Å²) < 4.78 is 17.6. The molecule has 0 saturated carbocycles. The van der Waals surface area contributed by atoms with Crippen molar-refractivity contribution in [3.63, 3.8) is 0 Å². The molecule has 0 unspecified atom stereocenters. The molecule has 0 radical (unpaired) electrons. The second-order valence-corrected chi connectivity index (χ2v) is 5.24. The minimum absolute atomic E-state index is 0.0162. The molecule has 0 heterocycles. The molecule has 0 aliphatic rings. The average Bonchev–Trinajstić information content (AvgIpc) is 2.49. The number of nitro benzene ring substituents is 1. The Bertz CT molecular complexity index is 790. The second-order valence-electron chi connectivity index (χ2n) is 4.67. The Labute approximate surface area is 135 Å². The van der Waals surface area contributed by atoms with Gasteiger partial charge >= 0.3 is 0 Å². The lowest BCUT2D eigenvalue weighted by molar-refractivity contribution is -0.384. The Morgan fingerprint density at radius 1 is 1.09 bits per heavy atom. The maximum atomic E-state index is 12.3. The highest BCUT2D eigenvalue weighted by atomic mass is 32.2. The molecule has 0 saturated heterocycles. The number of carbonyl (C=O) groups excluding carboxylic acids is 1. The Kier molecular flexibility index (Phi) is 6.55. The standard InChI is InChI=1S/C15H13NO3.H3NO2S/c1-10-4-3-5-14(11(10)2)15(17)12-6-8-13(9-7-12)16(18)19;1-4(2)3/h3-9H,1-2H3;4H,(H2,1,2,3). The van der Waals surface area contributed by atoms with Gasteiger partial charge in [0.25, 0.3) is 5.69 Å². The van der Waals surface area contributed by atoms with Crippen molar-refractivity contribution < 1.29 is 18.1 Å². The third kappa shape index (κ3) is 5.28. The van der Waals surface area contributed by atoms with E-state index in [1.807, 2.05) is 26.0 Å². The van der Waals surface area contributed by atoms with Crippen molar-refractivity contribution in [1.82, 2.24) is 0 Å². The molecule has 2 aromatic rings. The maximum absolute atomic E-state index is 12.3. The van der Waals surface area contributed by atoms with E-state index >= 15 is 0 Å². The van der Waals surface area contributed by atoms with Crippen LogP contribution in [0.3, 0.4) is 0 Å². The summed E-state index contributed by atoms with van der Waals surface area (Å²) in [6.07, 6.45) is 0. The predicted octanol–water partition coefficient (Wildman–Crippen LogP) is 1.91. The van der Waals surface area contributed by atoms with Gasteiger partial charge in [0.15, 0.2) is 16.7 Å². The molecule has 0 fully saturated rings. The van der Waals surface area contributed by atoms with E-state index in [4.69, 9.17) is 8.42 Å². The SMILES string of the molecule is Cc1cccc(C(=O)c2ccc([N+](=O)[O-])cc2)c1C.N[SH](=O)=O. The highest BCUT2D eigenvalue weighted by molar-refractivity contribution is 7.69. The van der Waals surface area contributed by atoms with Crippen LogP contribution in [0.25, 0.3) is 0 Å². The molecule has 2 N–H and O–H groups in total. The number of thiol groups is 1. The smallest absolute Gasteiger partial charge is 0.269 e. The van der Waals surface area contributed by atoms with Gasteiger partial charge in [0.2, 0.25) is 0 Å². The second kappa shape index (κ2) is 8.16. The number of hydrogen-bond donors (Lipinski definition) is 2. The first kappa shape index (κ1) is 18.5. The van der Waals surface area contributed by atoms with Crippen LogP contribution in [0.15, 0.2) is 42.5 Å². The van der Waals surface area contributed by atoms with Crippen LogP contribution in [0.4, 0.5) is 5.69 Å². The van der Waals surface area contributed by atoms with Crippen molar-refractivity contribution in [1.29, 1.82) is 0 Å². The highest BCUT2D eigenvalue weighted by Crippen LogP contribution is 2.19. The first-order chi connectivity index (χ1) is 10.7. The average molecular weight is 336 g/mol. The molecule has 2 rings (SSSR count). The van der Waals surface area contributed by atoms with Gasteiger partial charge in [-0.2, -0.15) is 0 Å². The molecule has 0 aliphatic carbocycles. The van der Waals surface area contributed by atoms with E-state index in [1.54, 1.807) is 6.07 Å². The first-order valence-corrected chi connectivity index (χ1v) is 7.73. The van der Waals surface area contributed by atoms with Crippen molar-refractivity contribution in [2.24, 2.45) is 5.14 Å². The van der Waals surface area contributed by atoms with E-state index in [0.29, 0.717) is 11.1 Å². The number of carbonyl (C=O) groups is 1. The van der Waals surface area contributed by atoms with Gasteiger partial charge in [-0.05, 0) is 37.1 Å². The number of rotatable bonds is 3. The molecule has 0 aromatic heterocycles. The van der Waals surface area contributed by atoms with Gasteiger partial charge < -0.3 is 0 Å². The van der Waals surface area contributed by atoms with Gasteiger partial charge in [-0.1, -0.05) is 18.2 Å². The molecular weight excluding hydrogens is 320 g/mol. The summed E-state index contributed by atoms with van der Waals surface area (Å²) in [5, 5.41) is 14.6. The van der Waals surface area contributed by atoms with Gasteiger partial charge in [-0.3, -0.25) is 14.9 Å². The van der Waals surface area contributed by atoms with Crippen molar-refractivity contribution in [3.05, 3.63) is 74.8 Å². The number of benzene rings is 2. The zero-order valence-corrected chi connectivity index (χ0v) is 13.4. The Morgan fingerprint density at radius 3 is 2.09 bits per heavy atom. The van der Waals surface area contributed by atoms with Crippen LogP contribution in [0, 0.1) is 24.0 Å². The van der Waals surface area contributed by atoms with E-state index in [0.717, 1.165) is 11.1 Å². The lowest BCUT2D eigenvalue weighted by Crippen LogP contribution is -2.04. The van der Waals surface area contributed by atoms with Crippen LogP contribution in [-0.2, 0) is 10.9 Å². The summed E-state index contributed by atoms with van der Waals surface area (Å²) in [6.45, 7) is 3.84. The van der Waals surface area contributed by atoms with Crippen LogP contribution in [-0.4, -0.2) is 19.1 Å². The van der Waals surface area contributed by atoms with E-state index in [1.165, 1.54) is 24.3 Å². The van der Waals surface area contributed by atoms with E-state index < -0.39 is 15.8 Å². The van der Waals surface area contributed by atoms with Crippen LogP contribution in [0.2, 0.25) is 0 Å². The summed E-state index contributed by atoms with van der Waals surface area (Å²) in [5.41, 5.74) is 3.06. The van der Waals surface area contributed by atoms with Crippen LogP contribution in [0.5, 0.6) is 0 Å². The lowest BCUT2D eigenvalue weighted by atomic mass is 9.96. The Morgan fingerprint density at radius 2 is 1.61 bits per heavy atom. The zero-order chi connectivity index (χ0) is 17.6. The zero-order valence-electron chi connectivity index (χ0n) is 12.6. The number of hydrogen-bond acceptors (Lipinski definition) is 5. The molecule has 122 valence electrons. The number of ketones is 1. The molecule has 0 aliphatic heterocycles. The molecular formula is C15H16N2O5S. The molecule has 7 nitrogen and oxygen atoms in total. The quantitative estimate of drug-likeness (QED) is 0.384. The molecule has 0 bridgehead atoms. The normalized spacial score (nSPS) is 9.91. The van der Waals surface area contributed by atoms with E-state index in [2.05, 4.69) is 5.14 Å². The monoisotopic (exact) mass is 336 g/mol. The van der Waals surface area contributed by atoms with Gasteiger partial charge in [-0.25, -0.2) is 13.6 Å². The number of non-ortho nitro benzene ring substituents is 1. The number of nitrogens with zero attached hydrogens (tertiary/aromatic N) is 1. The number of aryl methyl sites for hydroxylation is 1. The van der Waals surface area contributed by atoms with Crippen LogP contribution < -0.4 is 5.14 Å². The summed E-state index contributed by atoms with van der Waals surface area (Å²) >= 11 is 0. The van der Waals surface area contributed by atoms with Crippen molar-refractivity contribution in [2.75, 3.05) is 0 Å². The summed E-state index contributed by atoms with van der Waals surface area (Å²) in [5.74, 6) is -0.115. The van der Waals surface area contributed by atoms with Crippen molar-refractivity contribution in [3.8, 4) is 0 Å². The fourth-order valence-corrected chi connectivity index (χ4v) is 1.89. The minimum atomic E-state index is -2.62. The van der Waals surface area contributed by atoms with E-state index in [-0.39, 0.29) is 11.5 Å². The summed E-state index contributed by atoms with van der Waals surface area (Å²) in [6, 6.07) is 11.2. The molecule has 23 heavy (non-hydrogen) atoms. The van der Waals surface area contributed by atoms with Crippen molar-refractivity contribution >= 4 is 22.4 Å². The third-order valence-electron chi connectivity index (χ3n) is 3.19. The van der Waals surface area contributed by atoms with Gasteiger partial charge in [0, 0.05) is 23.3 Å². The molecule has 0 spiro atoms. The number of nitrogens with two attached hydrogens (primary N) is 1. The van der Waals surface area contributed by atoms with Gasteiger partial charge in [-0.15, -0.1) is 0 Å². The van der Waals surface area contributed by atoms with Crippen LogP contribution in [0.1, 0.15) is 27.0 Å². The minimum Gasteiger partial charge on any atom is -0.289 e. The molecule has 8 heteroatoms. The predicted molar refractivity (Wildman–Crippen MR) is 86.9 cm³/mol. The third-order valence-corrected chi connectivity index (χ3v) is 3.19. The first-order valence-electron chi connectivity index (χ1n) is 6.48. The largest absolute Gasteiger partial charge is 0.289 e. The maximum Gasteiger partial charge on any atom is 0.269 e. The fraction of sp³-hybridized carbons (Fsp3) is 0.133. The Hall–Kier alpha value is -2.58. The Balaban J connectivity index is 0.000000593. The van der Waals surface area contributed by atoms with E-state index in [9.17, 15) is 14.9 Å².